The average Bonchev–Trinajstić information content (AvgIpc) is 2.94. The van der Waals surface area contributed by atoms with Crippen molar-refractivity contribution in [3.8, 4) is 11.5 Å². The summed E-state index contributed by atoms with van der Waals surface area (Å²) in [7, 11) is 5.59. The minimum atomic E-state index is 0.538. The maximum Gasteiger partial charge on any atom is 0.230 e. The number of rotatable bonds is 3. The summed E-state index contributed by atoms with van der Waals surface area (Å²) in [6.45, 7) is 0. The van der Waals surface area contributed by atoms with Crippen LogP contribution in [-0.2, 0) is 0 Å². The molecule has 7 heteroatoms. The van der Waals surface area contributed by atoms with Gasteiger partial charge < -0.3 is 10.2 Å². The van der Waals surface area contributed by atoms with E-state index in [2.05, 4.69) is 25.3 Å². The second kappa shape index (κ2) is 4.76. The Morgan fingerprint density at radius 2 is 2.00 bits per heavy atom. The summed E-state index contributed by atoms with van der Waals surface area (Å²) in [6.07, 6.45) is 3.65. The van der Waals surface area contributed by atoms with Crippen LogP contribution in [0.5, 0.6) is 0 Å². The van der Waals surface area contributed by atoms with Gasteiger partial charge in [0.1, 0.15) is 5.65 Å². The highest BCUT2D eigenvalue weighted by molar-refractivity contribution is 5.59. The van der Waals surface area contributed by atoms with Crippen molar-refractivity contribution in [1.82, 2.24) is 24.3 Å². The van der Waals surface area contributed by atoms with Gasteiger partial charge in [-0.1, -0.05) is 6.07 Å². The molecule has 102 valence electrons. The molecule has 0 bridgehead atoms. The van der Waals surface area contributed by atoms with E-state index < -0.39 is 0 Å². The smallest absolute Gasteiger partial charge is 0.230 e. The van der Waals surface area contributed by atoms with E-state index in [4.69, 9.17) is 0 Å². The van der Waals surface area contributed by atoms with Crippen LogP contribution in [0.3, 0.4) is 0 Å². The Morgan fingerprint density at radius 3 is 2.75 bits per heavy atom. The molecule has 3 aromatic rings. The quantitative estimate of drug-likeness (QED) is 0.772. The molecule has 0 aliphatic carbocycles. The van der Waals surface area contributed by atoms with Crippen molar-refractivity contribution >= 4 is 17.5 Å². The number of nitrogens with one attached hydrogen (secondary N) is 1. The third-order valence-electron chi connectivity index (χ3n) is 2.90. The molecule has 3 aromatic heterocycles. The molecule has 0 radical (unpaired) electrons. The molecule has 7 nitrogen and oxygen atoms in total. The van der Waals surface area contributed by atoms with E-state index in [1.54, 1.807) is 13.2 Å². The van der Waals surface area contributed by atoms with Crippen LogP contribution in [0.25, 0.3) is 17.2 Å². The van der Waals surface area contributed by atoms with Gasteiger partial charge in [0.05, 0.1) is 5.69 Å². The summed E-state index contributed by atoms with van der Waals surface area (Å²) in [5.74, 6) is 1.75. The maximum atomic E-state index is 4.50. The maximum absolute atomic E-state index is 4.50. The van der Waals surface area contributed by atoms with Crippen molar-refractivity contribution < 1.29 is 0 Å². The molecule has 0 spiro atoms. The van der Waals surface area contributed by atoms with Gasteiger partial charge in [0.25, 0.3) is 0 Å². The third-order valence-corrected chi connectivity index (χ3v) is 2.90. The molecular weight excluding hydrogens is 254 g/mol. The zero-order chi connectivity index (χ0) is 14.1. The molecule has 0 amide bonds. The zero-order valence-electron chi connectivity index (χ0n) is 11.6. The number of aromatic nitrogens is 5. The number of fused-ring (bicyclic) bond motifs is 1. The Kier molecular flexibility index (Phi) is 2.94. The number of anilines is 2. The molecule has 0 aliphatic heterocycles. The molecule has 3 heterocycles. The Morgan fingerprint density at radius 1 is 1.15 bits per heavy atom. The fourth-order valence-electron chi connectivity index (χ4n) is 1.92. The van der Waals surface area contributed by atoms with Crippen LogP contribution in [-0.4, -0.2) is 45.5 Å². The number of nitrogens with zero attached hydrogens (tertiary/aromatic N) is 6. The van der Waals surface area contributed by atoms with E-state index in [1.807, 2.05) is 47.8 Å². The van der Waals surface area contributed by atoms with E-state index in [1.165, 1.54) is 0 Å². The largest absolute Gasteiger partial charge is 0.357 e. The van der Waals surface area contributed by atoms with Gasteiger partial charge in [-0.25, -0.2) is 4.98 Å². The lowest BCUT2D eigenvalue weighted by atomic mass is 10.3. The highest BCUT2D eigenvalue weighted by Crippen LogP contribution is 2.19. The fourth-order valence-corrected chi connectivity index (χ4v) is 1.92. The van der Waals surface area contributed by atoms with Gasteiger partial charge in [-0.15, -0.1) is 0 Å². The van der Waals surface area contributed by atoms with E-state index >= 15 is 0 Å². The summed E-state index contributed by atoms with van der Waals surface area (Å²) in [6, 6.07) is 5.84. The lowest BCUT2D eigenvalue weighted by Crippen LogP contribution is -2.15. The topological polar surface area (TPSA) is 71.2 Å². The van der Waals surface area contributed by atoms with Crippen LogP contribution < -0.4 is 10.2 Å². The van der Waals surface area contributed by atoms with Crippen molar-refractivity contribution in [1.29, 1.82) is 0 Å². The second-order valence-corrected chi connectivity index (χ2v) is 4.49. The lowest BCUT2D eigenvalue weighted by molar-refractivity contribution is 0.954. The first-order chi connectivity index (χ1) is 9.69. The Balaban J connectivity index is 2.23. The van der Waals surface area contributed by atoms with E-state index in [-0.39, 0.29) is 0 Å². The van der Waals surface area contributed by atoms with Gasteiger partial charge in [-0.3, -0.25) is 4.40 Å². The van der Waals surface area contributed by atoms with E-state index in [0.29, 0.717) is 17.7 Å². The molecule has 0 fully saturated rings. The molecule has 0 unspecified atom stereocenters. The predicted molar refractivity (Wildman–Crippen MR) is 77.9 cm³/mol. The number of pyridine rings is 1. The molecule has 1 N–H and O–H groups in total. The second-order valence-electron chi connectivity index (χ2n) is 4.49. The van der Waals surface area contributed by atoms with Crippen LogP contribution in [0, 0.1) is 0 Å². The van der Waals surface area contributed by atoms with E-state index in [0.717, 1.165) is 11.3 Å². The molecule has 0 aromatic carbocycles. The van der Waals surface area contributed by atoms with Crippen LogP contribution in [0.1, 0.15) is 0 Å². The third kappa shape index (κ3) is 2.03. The van der Waals surface area contributed by atoms with Crippen molar-refractivity contribution in [2.45, 2.75) is 0 Å². The Hall–Kier alpha value is -2.70. The molecule has 0 atom stereocenters. The molecule has 0 saturated heterocycles. The average molecular weight is 269 g/mol. The summed E-state index contributed by atoms with van der Waals surface area (Å²) >= 11 is 0. The predicted octanol–water partition coefficient (Wildman–Crippen LogP) is 1.29. The molecular formula is C13H15N7. The first-order valence-electron chi connectivity index (χ1n) is 6.22. The van der Waals surface area contributed by atoms with Crippen molar-refractivity contribution in [2.24, 2.45) is 0 Å². The lowest BCUT2D eigenvalue weighted by Gasteiger charge is -2.13. The van der Waals surface area contributed by atoms with Crippen molar-refractivity contribution in [3.63, 3.8) is 0 Å². The standard InChI is InChI=1S/C13H15N7/c1-14-12-16-11(17-13(18-12)19(2)3)9-5-4-6-10-15-7-8-20(9)10/h4-8H,1-3H3,(H,14,16,17,18). The zero-order valence-corrected chi connectivity index (χ0v) is 11.6. The van der Waals surface area contributed by atoms with Crippen molar-refractivity contribution in [3.05, 3.63) is 30.6 Å². The van der Waals surface area contributed by atoms with Gasteiger partial charge in [0.15, 0.2) is 5.82 Å². The Labute approximate surface area is 116 Å². The van der Waals surface area contributed by atoms with Gasteiger partial charge in [0.2, 0.25) is 11.9 Å². The summed E-state index contributed by atoms with van der Waals surface area (Å²) in [5, 5.41) is 2.96. The van der Waals surface area contributed by atoms with Crippen molar-refractivity contribution in [2.75, 3.05) is 31.4 Å². The number of hydrogen-bond donors (Lipinski definition) is 1. The summed E-state index contributed by atoms with van der Waals surface area (Å²) in [5.41, 5.74) is 1.74. The minimum Gasteiger partial charge on any atom is -0.357 e. The van der Waals surface area contributed by atoms with Gasteiger partial charge in [-0.2, -0.15) is 15.0 Å². The SMILES string of the molecule is CNc1nc(-c2cccc3nccn23)nc(N(C)C)n1. The number of imidazole rings is 1. The highest BCUT2D eigenvalue weighted by atomic mass is 15.3. The molecule has 0 saturated carbocycles. The monoisotopic (exact) mass is 269 g/mol. The van der Waals surface area contributed by atoms with Crippen LogP contribution in [0.2, 0.25) is 0 Å². The first kappa shape index (κ1) is 12.3. The molecule has 20 heavy (non-hydrogen) atoms. The summed E-state index contributed by atoms with van der Waals surface area (Å²) < 4.78 is 1.95. The van der Waals surface area contributed by atoms with Gasteiger partial charge in [0, 0.05) is 33.5 Å². The fraction of sp³-hybridized carbons (Fsp3) is 0.231. The van der Waals surface area contributed by atoms with Crippen LogP contribution >= 0.6 is 0 Å². The molecule has 0 aliphatic rings. The van der Waals surface area contributed by atoms with Crippen LogP contribution in [0.15, 0.2) is 30.6 Å². The molecule has 3 rings (SSSR count). The summed E-state index contributed by atoms with van der Waals surface area (Å²) in [4.78, 5) is 19.4. The highest BCUT2D eigenvalue weighted by Gasteiger charge is 2.11. The normalized spacial score (nSPS) is 10.8. The van der Waals surface area contributed by atoms with Gasteiger partial charge in [-0.05, 0) is 12.1 Å². The van der Waals surface area contributed by atoms with Crippen LogP contribution in [0.4, 0.5) is 11.9 Å². The van der Waals surface area contributed by atoms with E-state index in [9.17, 15) is 0 Å². The first-order valence-corrected chi connectivity index (χ1v) is 6.22. The Bertz CT molecular complexity index is 747. The number of hydrogen-bond acceptors (Lipinski definition) is 6. The van der Waals surface area contributed by atoms with Gasteiger partial charge >= 0.3 is 0 Å². The minimum absolute atomic E-state index is 0.538.